The molecular formula is C9H17N3O3S. The number of nitrogens with one attached hydrogen (secondary N) is 1. The van der Waals surface area contributed by atoms with E-state index in [1.54, 1.807) is 6.92 Å². The minimum atomic E-state index is -3.17. The van der Waals surface area contributed by atoms with E-state index in [1.807, 2.05) is 6.92 Å². The Morgan fingerprint density at radius 3 is 2.75 bits per heavy atom. The molecule has 0 saturated heterocycles. The highest BCUT2D eigenvalue weighted by Gasteiger charge is 2.22. The van der Waals surface area contributed by atoms with Crippen LogP contribution >= 0.6 is 0 Å². The first kappa shape index (κ1) is 13.1. The highest BCUT2D eigenvalue weighted by atomic mass is 32.2. The van der Waals surface area contributed by atoms with E-state index in [0.29, 0.717) is 12.3 Å². The van der Waals surface area contributed by atoms with Crippen molar-refractivity contribution in [2.24, 2.45) is 0 Å². The summed E-state index contributed by atoms with van der Waals surface area (Å²) in [7, 11) is -3.17. The van der Waals surface area contributed by atoms with Crippen LogP contribution in [0.25, 0.3) is 0 Å². The van der Waals surface area contributed by atoms with E-state index in [-0.39, 0.29) is 5.82 Å². The molecule has 0 aliphatic carbocycles. The number of hydrogen-bond donors (Lipinski definition) is 1. The van der Waals surface area contributed by atoms with Crippen LogP contribution in [-0.4, -0.2) is 37.9 Å². The summed E-state index contributed by atoms with van der Waals surface area (Å²) in [6.07, 6.45) is 1.77. The van der Waals surface area contributed by atoms with E-state index in [4.69, 9.17) is 4.52 Å². The maximum Gasteiger partial charge on any atom is 0.227 e. The lowest BCUT2D eigenvalue weighted by atomic mass is 10.4. The zero-order valence-corrected chi connectivity index (χ0v) is 10.5. The highest BCUT2D eigenvalue weighted by molar-refractivity contribution is 7.90. The van der Waals surface area contributed by atoms with Gasteiger partial charge in [-0.3, -0.25) is 0 Å². The molecule has 0 aromatic carbocycles. The Hall–Kier alpha value is -0.950. The molecule has 0 fully saturated rings. The van der Waals surface area contributed by atoms with E-state index in [9.17, 15) is 8.42 Å². The van der Waals surface area contributed by atoms with Crippen LogP contribution in [0.2, 0.25) is 0 Å². The van der Waals surface area contributed by atoms with E-state index < -0.39 is 15.1 Å². The Labute approximate surface area is 95.3 Å². The topological polar surface area (TPSA) is 85.1 Å². The van der Waals surface area contributed by atoms with Crippen molar-refractivity contribution in [3.63, 3.8) is 0 Å². The average Bonchev–Trinajstić information content (AvgIpc) is 2.64. The summed E-state index contributed by atoms with van der Waals surface area (Å²) in [5.74, 6) is 0.695. The lowest BCUT2D eigenvalue weighted by Crippen LogP contribution is -2.16. The molecule has 1 rings (SSSR count). The minimum Gasteiger partial charge on any atom is -0.339 e. The zero-order valence-electron chi connectivity index (χ0n) is 9.73. The third-order valence-corrected chi connectivity index (χ3v) is 3.75. The number of aromatic nitrogens is 2. The normalized spacial score (nSPS) is 13.9. The minimum absolute atomic E-state index is 0.231. The van der Waals surface area contributed by atoms with Crippen LogP contribution in [-0.2, 0) is 16.3 Å². The summed E-state index contributed by atoms with van der Waals surface area (Å²) < 4.78 is 27.5. The van der Waals surface area contributed by atoms with Gasteiger partial charge in [0.1, 0.15) is 5.25 Å². The molecule has 0 saturated carbocycles. The molecule has 7 heteroatoms. The van der Waals surface area contributed by atoms with Gasteiger partial charge in [-0.1, -0.05) is 12.1 Å². The van der Waals surface area contributed by atoms with Gasteiger partial charge >= 0.3 is 0 Å². The maximum absolute atomic E-state index is 11.3. The van der Waals surface area contributed by atoms with Gasteiger partial charge in [-0.25, -0.2) is 8.42 Å². The predicted octanol–water partition coefficient (Wildman–Crippen LogP) is 0.327. The van der Waals surface area contributed by atoms with Gasteiger partial charge in [0.15, 0.2) is 15.7 Å². The molecule has 1 aromatic rings. The zero-order chi connectivity index (χ0) is 12.2. The fourth-order valence-electron chi connectivity index (χ4n) is 1.10. The van der Waals surface area contributed by atoms with Crippen LogP contribution in [0.5, 0.6) is 0 Å². The molecule has 6 nitrogen and oxygen atoms in total. The SMILES string of the molecule is CCNCCc1nc(C(C)S(C)(=O)=O)no1. The molecule has 1 N–H and O–H groups in total. The summed E-state index contributed by atoms with van der Waals surface area (Å²) >= 11 is 0. The summed E-state index contributed by atoms with van der Waals surface area (Å²) in [6, 6.07) is 0. The van der Waals surface area contributed by atoms with E-state index in [1.165, 1.54) is 0 Å². The molecule has 0 radical (unpaired) electrons. The van der Waals surface area contributed by atoms with Crippen LogP contribution < -0.4 is 5.32 Å². The lowest BCUT2D eigenvalue weighted by molar-refractivity contribution is 0.371. The van der Waals surface area contributed by atoms with Crippen LogP contribution in [0.1, 0.15) is 30.8 Å². The molecule has 0 bridgehead atoms. The molecule has 0 aliphatic rings. The number of likely N-dealkylation sites (N-methyl/N-ethyl adjacent to an activating group) is 1. The molecule has 92 valence electrons. The molecule has 0 amide bonds. The summed E-state index contributed by atoms with van der Waals surface area (Å²) in [5.41, 5.74) is 0. The largest absolute Gasteiger partial charge is 0.339 e. The standard InChI is InChI=1S/C9H17N3O3S/c1-4-10-6-5-8-11-9(12-15-8)7(2)16(3,13)14/h7,10H,4-6H2,1-3H3. The molecule has 0 spiro atoms. The predicted molar refractivity (Wildman–Crippen MR) is 59.8 cm³/mol. The lowest BCUT2D eigenvalue weighted by Gasteiger charge is -2.01. The van der Waals surface area contributed by atoms with Gasteiger partial charge in [0, 0.05) is 19.2 Å². The maximum atomic E-state index is 11.3. The Bertz CT molecular complexity index is 427. The Balaban J connectivity index is 2.64. The third kappa shape index (κ3) is 3.57. The number of nitrogens with zero attached hydrogens (tertiary/aromatic N) is 2. The molecule has 1 atom stereocenters. The Kier molecular flexibility index (Phi) is 4.43. The monoisotopic (exact) mass is 247 g/mol. The van der Waals surface area contributed by atoms with E-state index in [2.05, 4.69) is 15.5 Å². The van der Waals surface area contributed by atoms with Crippen molar-refractivity contribution in [2.45, 2.75) is 25.5 Å². The van der Waals surface area contributed by atoms with Crippen LogP contribution in [0.3, 0.4) is 0 Å². The van der Waals surface area contributed by atoms with Crippen molar-refractivity contribution in [2.75, 3.05) is 19.3 Å². The number of hydrogen-bond acceptors (Lipinski definition) is 6. The highest BCUT2D eigenvalue weighted by Crippen LogP contribution is 2.17. The van der Waals surface area contributed by atoms with Crippen molar-refractivity contribution in [1.29, 1.82) is 0 Å². The van der Waals surface area contributed by atoms with Gasteiger partial charge in [0.25, 0.3) is 0 Å². The number of rotatable bonds is 6. The first-order chi connectivity index (χ1) is 7.45. The fourth-order valence-corrected chi connectivity index (χ4v) is 1.58. The molecule has 1 aromatic heterocycles. The first-order valence-corrected chi connectivity index (χ1v) is 7.12. The summed E-state index contributed by atoms with van der Waals surface area (Å²) in [5, 5.41) is 6.07. The molecule has 16 heavy (non-hydrogen) atoms. The third-order valence-electron chi connectivity index (χ3n) is 2.26. The van der Waals surface area contributed by atoms with Gasteiger partial charge in [0.2, 0.25) is 5.89 Å². The Morgan fingerprint density at radius 1 is 1.50 bits per heavy atom. The molecule has 1 heterocycles. The summed E-state index contributed by atoms with van der Waals surface area (Å²) in [4.78, 5) is 4.05. The van der Waals surface area contributed by atoms with Gasteiger partial charge in [-0.2, -0.15) is 4.98 Å². The summed E-state index contributed by atoms with van der Waals surface area (Å²) in [6.45, 7) is 5.17. The van der Waals surface area contributed by atoms with E-state index >= 15 is 0 Å². The number of sulfone groups is 1. The second-order valence-electron chi connectivity index (χ2n) is 3.62. The smallest absolute Gasteiger partial charge is 0.227 e. The quantitative estimate of drug-likeness (QED) is 0.729. The van der Waals surface area contributed by atoms with Crippen LogP contribution in [0, 0.1) is 0 Å². The van der Waals surface area contributed by atoms with Gasteiger partial charge in [0.05, 0.1) is 0 Å². The van der Waals surface area contributed by atoms with Crippen molar-refractivity contribution >= 4 is 9.84 Å². The van der Waals surface area contributed by atoms with Gasteiger partial charge in [-0.15, -0.1) is 0 Å². The van der Waals surface area contributed by atoms with Gasteiger partial charge < -0.3 is 9.84 Å². The van der Waals surface area contributed by atoms with Crippen LogP contribution in [0.15, 0.2) is 4.52 Å². The Morgan fingerprint density at radius 2 is 2.19 bits per heavy atom. The molecular weight excluding hydrogens is 230 g/mol. The molecule has 0 aliphatic heterocycles. The van der Waals surface area contributed by atoms with Crippen molar-refractivity contribution < 1.29 is 12.9 Å². The second-order valence-corrected chi connectivity index (χ2v) is 5.99. The van der Waals surface area contributed by atoms with Gasteiger partial charge in [-0.05, 0) is 13.5 Å². The second kappa shape index (κ2) is 5.40. The van der Waals surface area contributed by atoms with Crippen molar-refractivity contribution in [3.05, 3.63) is 11.7 Å². The van der Waals surface area contributed by atoms with E-state index in [0.717, 1.165) is 19.3 Å². The average molecular weight is 247 g/mol. The molecule has 1 unspecified atom stereocenters. The van der Waals surface area contributed by atoms with Crippen molar-refractivity contribution in [3.8, 4) is 0 Å². The van der Waals surface area contributed by atoms with Crippen molar-refractivity contribution in [1.82, 2.24) is 15.5 Å². The van der Waals surface area contributed by atoms with Crippen LogP contribution in [0.4, 0.5) is 0 Å². The fraction of sp³-hybridized carbons (Fsp3) is 0.778. The first-order valence-electron chi connectivity index (χ1n) is 5.17.